The van der Waals surface area contributed by atoms with Gasteiger partial charge < -0.3 is 20.7 Å². The van der Waals surface area contributed by atoms with Gasteiger partial charge in [0.1, 0.15) is 5.75 Å². The van der Waals surface area contributed by atoms with Crippen molar-refractivity contribution in [2.24, 2.45) is 0 Å². The monoisotopic (exact) mass is 393 g/mol. The first kappa shape index (κ1) is 20.5. The molecule has 0 spiro atoms. The Kier molecular flexibility index (Phi) is 5.64. The molecule has 3 N–H and O–H groups in total. The van der Waals surface area contributed by atoms with Crippen LogP contribution in [0.3, 0.4) is 0 Å². The first-order chi connectivity index (χ1) is 13.7. The molecule has 0 bridgehead atoms. The Morgan fingerprint density at radius 3 is 2.34 bits per heavy atom. The minimum atomic E-state index is -0.549. The van der Waals surface area contributed by atoms with Gasteiger partial charge in [0.2, 0.25) is 0 Å². The van der Waals surface area contributed by atoms with Gasteiger partial charge in [0, 0.05) is 5.70 Å². The third kappa shape index (κ3) is 4.42. The lowest BCUT2D eigenvalue weighted by molar-refractivity contribution is -0.113. The summed E-state index contributed by atoms with van der Waals surface area (Å²) < 4.78 is 5.32. The summed E-state index contributed by atoms with van der Waals surface area (Å²) in [5, 5.41) is 8.46. The molecule has 0 unspecified atom stereocenters. The molecule has 6 heteroatoms. The van der Waals surface area contributed by atoms with Crippen molar-refractivity contribution in [3.8, 4) is 5.75 Å². The number of hydrogen-bond acceptors (Lipinski definition) is 3. The Morgan fingerprint density at radius 1 is 1.07 bits per heavy atom. The summed E-state index contributed by atoms with van der Waals surface area (Å²) in [6.07, 6.45) is 0. The molecule has 3 amide bonds. The summed E-state index contributed by atoms with van der Waals surface area (Å²) in [5.41, 5.74) is 3.59. The van der Waals surface area contributed by atoms with Gasteiger partial charge >= 0.3 is 6.03 Å². The Labute approximate surface area is 171 Å². The van der Waals surface area contributed by atoms with Gasteiger partial charge in [-0.25, -0.2) is 4.79 Å². The normalized spacial score (nSPS) is 16.7. The molecule has 2 aromatic rings. The zero-order valence-corrected chi connectivity index (χ0v) is 17.4. The molecule has 2 aromatic carbocycles. The van der Waals surface area contributed by atoms with Crippen LogP contribution in [0.1, 0.15) is 44.9 Å². The van der Waals surface area contributed by atoms with Crippen LogP contribution in [0.5, 0.6) is 5.75 Å². The van der Waals surface area contributed by atoms with E-state index < -0.39 is 6.04 Å². The molecule has 6 nitrogen and oxygen atoms in total. The van der Waals surface area contributed by atoms with E-state index >= 15 is 0 Å². The fraction of sp³-hybridized carbons (Fsp3) is 0.304. The van der Waals surface area contributed by atoms with Crippen molar-refractivity contribution in [1.29, 1.82) is 0 Å². The second-order valence-electron chi connectivity index (χ2n) is 8.10. The van der Waals surface area contributed by atoms with Gasteiger partial charge in [-0.3, -0.25) is 4.79 Å². The van der Waals surface area contributed by atoms with Crippen LogP contribution in [0.4, 0.5) is 10.5 Å². The number of hydrogen-bond donors (Lipinski definition) is 3. The number of ether oxygens (including phenoxy) is 1. The van der Waals surface area contributed by atoms with Gasteiger partial charge in [0.25, 0.3) is 5.91 Å². The third-order valence-electron chi connectivity index (χ3n) is 4.98. The molecule has 0 aliphatic carbocycles. The largest absolute Gasteiger partial charge is 0.495 e. The molecule has 1 aliphatic heterocycles. The second-order valence-corrected chi connectivity index (χ2v) is 8.10. The van der Waals surface area contributed by atoms with E-state index in [-0.39, 0.29) is 17.4 Å². The first-order valence-electron chi connectivity index (χ1n) is 9.54. The van der Waals surface area contributed by atoms with Crippen LogP contribution in [0.15, 0.2) is 59.8 Å². The minimum absolute atomic E-state index is 0.0196. The predicted octanol–water partition coefficient (Wildman–Crippen LogP) is 4.26. The van der Waals surface area contributed by atoms with Gasteiger partial charge in [-0.1, -0.05) is 57.2 Å². The number of methoxy groups -OCH3 is 1. The fourth-order valence-electron chi connectivity index (χ4n) is 3.36. The number of anilines is 1. The number of allylic oxidation sites excluding steroid dienone is 1. The van der Waals surface area contributed by atoms with E-state index in [1.807, 2.05) is 36.4 Å². The molecule has 0 fully saturated rings. The van der Waals surface area contributed by atoms with E-state index in [9.17, 15) is 9.59 Å². The summed E-state index contributed by atoms with van der Waals surface area (Å²) in [6.45, 7) is 8.16. The lowest BCUT2D eigenvalue weighted by atomic mass is 9.85. The first-order valence-corrected chi connectivity index (χ1v) is 9.54. The SMILES string of the molecule is COc1ccccc1NC(=O)C1=C(C)NC(=O)N[C@@H]1c1ccc(C(C)(C)C)cc1. The molecule has 1 aliphatic rings. The summed E-state index contributed by atoms with van der Waals surface area (Å²) in [6, 6.07) is 14.3. The number of carbonyl (C=O) groups is 2. The van der Waals surface area contributed by atoms with Crippen LogP contribution in [-0.4, -0.2) is 19.0 Å². The summed E-state index contributed by atoms with van der Waals surface area (Å²) in [7, 11) is 1.55. The highest BCUT2D eigenvalue weighted by atomic mass is 16.5. The van der Waals surface area contributed by atoms with Gasteiger partial charge in [0.05, 0.1) is 24.4 Å². The summed E-state index contributed by atoms with van der Waals surface area (Å²) in [4.78, 5) is 25.2. The molecular weight excluding hydrogens is 366 g/mol. The number of nitrogens with one attached hydrogen (secondary N) is 3. The molecule has 0 saturated heterocycles. The molecule has 0 saturated carbocycles. The average Bonchev–Trinajstić information content (AvgIpc) is 2.67. The van der Waals surface area contributed by atoms with Gasteiger partial charge in [-0.2, -0.15) is 0 Å². The van der Waals surface area contributed by atoms with Gasteiger partial charge in [-0.15, -0.1) is 0 Å². The second kappa shape index (κ2) is 7.99. The maximum atomic E-state index is 13.1. The van der Waals surface area contributed by atoms with Crippen LogP contribution in [0.2, 0.25) is 0 Å². The van der Waals surface area contributed by atoms with Crippen LogP contribution in [-0.2, 0) is 10.2 Å². The van der Waals surface area contributed by atoms with Crippen LogP contribution in [0, 0.1) is 0 Å². The molecule has 0 radical (unpaired) electrons. The van der Waals surface area contributed by atoms with Crippen molar-refractivity contribution < 1.29 is 14.3 Å². The average molecular weight is 393 g/mol. The molecule has 0 aromatic heterocycles. The number of rotatable bonds is 4. The van der Waals surface area contributed by atoms with Crippen molar-refractivity contribution >= 4 is 17.6 Å². The third-order valence-corrected chi connectivity index (χ3v) is 4.98. The quantitative estimate of drug-likeness (QED) is 0.726. The highest BCUT2D eigenvalue weighted by Crippen LogP contribution is 2.31. The topological polar surface area (TPSA) is 79.5 Å². The number of amides is 3. The number of para-hydroxylation sites is 2. The number of urea groups is 1. The van der Waals surface area contributed by atoms with E-state index in [1.54, 1.807) is 26.2 Å². The maximum absolute atomic E-state index is 13.1. The Bertz CT molecular complexity index is 956. The molecule has 1 heterocycles. The summed E-state index contributed by atoms with van der Waals surface area (Å²) >= 11 is 0. The van der Waals surface area contributed by atoms with Crippen LogP contribution < -0.4 is 20.7 Å². The van der Waals surface area contributed by atoms with Crippen molar-refractivity contribution in [2.75, 3.05) is 12.4 Å². The van der Waals surface area contributed by atoms with Crippen molar-refractivity contribution in [2.45, 2.75) is 39.2 Å². The van der Waals surface area contributed by atoms with Crippen LogP contribution >= 0.6 is 0 Å². The minimum Gasteiger partial charge on any atom is -0.495 e. The standard InChI is InChI=1S/C23H27N3O3/c1-14-19(21(27)25-17-8-6-7-9-18(17)29-5)20(26-22(28)24-14)15-10-12-16(13-11-15)23(2,3)4/h6-13,20H,1-5H3,(H,25,27)(H2,24,26,28)/t20-/m1/s1. The van der Waals surface area contributed by atoms with Gasteiger partial charge in [-0.05, 0) is 35.6 Å². The van der Waals surface area contributed by atoms with Crippen molar-refractivity contribution in [3.63, 3.8) is 0 Å². The zero-order valence-electron chi connectivity index (χ0n) is 17.4. The van der Waals surface area contributed by atoms with Gasteiger partial charge in [0.15, 0.2) is 0 Å². The Morgan fingerprint density at radius 2 is 1.72 bits per heavy atom. The van der Waals surface area contributed by atoms with E-state index in [0.29, 0.717) is 22.7 Å². The highest BCUT2D eigenvalue weighted by Gasteiger charge is 2.31. The predicted molar refractivity (Wildman–Crippen MR) is 114 cm³/mol. The molecular formula is C23H27N3O3. The van der Waals surface area contributed by atoms with Crippen LogP contribution in [0.25, 0.3) is 0 Å². The lowest BCUT2D eigenvalue weighted by Gasteiger charge is -2.29. The zero-order chi connectivity index (χ0) is 21.2. The fourth-order valence-corrected chi connectivity index (χ4v) is 3.36. The maximum Gasteiger partial charge on any atom is 0.319 e. The molecule has 1 atom stereocenters. The smallest absolute Gasteiger partial charge is 0.319 e. The van der Waals surface area contributed by atoms with Crippen molar-refractivity contribution in [1.82, 2.24) is 10.6 Å². The number of benzene rings is 2. The molecule has 29 heavy (non-hydrogen) atoms. The van der Waals surface area contributed by atoms with E-state index in [1.165, 1.54) is 5.56 Å². The van der Waals surface area contributed by atoms with Crippen molar-refractivity contribution in [3.05, 3.63) is 70.9 Å². The molecule has 3 rings (SSSR count). The lowest BCUT2D eigenvalue weighted by Crippen LogP contribution is -2.46. The Balaban J connectivity index is 1.94. The highest BCUT2D eigenvalue weighted by molar-refractivity contribution is 6.07. The molecule has 152 valence electrons. The number of carbonyl (C=O) groups excluding carboxylic acids is 2. The van der Waals surface area contributed by atoms with E-state index in [2.05, 4.69) is 36.7 Å². The Hall–Kier alpha value is -3.28. The summed E-state index contributed by atoms with van der Waals surface area (Å²) in [5.74, 6) is 0.266. The van der Waals surface area contributed by atoms with E-state index in [0.717, 1.165) is 5.56 Å². The van der Waals surface area contributed by atoms with E-state index in [4.69, 9.17) is 4.74 Å².